The van der Waals surface area contributed by atoms with Crippen LogP contribution in [0.5, 0.6) is 5.75 Å². The highest BCUT2D eigenvalue weighted by molar-refractivity contribution is 6.31. The third kappa shape index (κ3) is 4.86. The summed E-state index contributed by atoms with van der Waals surface area (Å²) in [5.74, 6) is 1.28. The Kier molecular flexibility index (Phi) is 7.04. The van der Waals surface area contributed by atoms with Crippen LogP contribution in [0.15, 0.2) is 72.8 Å². The number of amides is 1. The van der Waals surface area contributed by atoms with Gasteiger partial charge in [0.1, 0.15) is 11.4 Å². The second-order valence-electron chi connectivity index (χ2n) is 9.39. The van der Waals surface area contributed by atoms with E-state index in [2.05, 4.69) is 24.0 Å². The normalized spacial score (nSPS) is 15.0. The van der Waals surface area contributed by atoms with Gasteiger partial charge in [-0.25, -0.2) is 0 Å². The first-order valence-corrected chi connectivity index (χ1v) is 12.8. The van der Waals surface area contributed by atoms with Crippen LogP contribution >= 0.6 is 23.2 Å². The van der Waals surface area contributed by atoms with Gasteiger partial charge in [-0.2, -0.15) is 5.10 Å². The van der Waals surface area contributed by atoms with Crippen molar-refractivity contribution in [3.05, 3.63) is 105 Å². The Balaban J connectivity index is 1.54. The van der Waals surface area contributed by atoms with E-state index in [4.69, 9.17) is 27.9 Å². The van der Waals surface area contributed by atoms with Crippen molar-refractivity contribution >= 4 is 29.1 Å². The smallest absolute Gasteiger partial charge is 0.273 e. The molecule has 1 unspecified atom stereocenters. The number of benzene rings is 3. The summed E-state index contributed by atoms with van der Waals surface area (Å²) in [5, 5.41) is 8.80. The van der Waals surface area contributed by atoms with Gasteiger partial charge < -0.3 is 9.64 Å². The third-order valence-electron chi connectivity index (χ3n) is 6.44. The predicted molar refractivity (Wildman–Crippen MR) is 144 cm³/mol. The zero-order valence-electron chi connectivity index (χ0n) is 20.2. The molecule has 5 rings (SSSR count). The second kappa shape index (κ2) is 10.4. The Hall–Kier alpha value is -3.28. The number of carbonyl (C=O) groups is 1. The molecule has 0 saturated carbocycles. The molecule has 36 heavy (non-hydrogen) atoms. The van der Waals surface area contributed by atoms with Gasteiger partial charge in [0.2, 0.25) is 0 Å². The van der Waals surface area contributed by atoms with E-state index in [1.165, 1.54) is 0 Å². The molecule has 1 N–H and O–H groups in total. The summed E-state index contributed by atoms with van der Waals surface area (Å²) in [5.41, 5.74) is 4.83. The van der Waals surface area contributed by atoms with Crippen molar-refractivity contribution in [3.8, 4) is 17.0 Å². The number of hydrogen-bond donors (Lipinski definition) is 1. The fourth-order valence-corrected chi connectivity index (χ4v) is 4.82. The van der Waals surface area contributed by atoms with E-state index in [1.54, 1.807) is 0 Å². The Morgan fingerprint density at radius 3 is 2.42 bits per heavy atom. The molecule has 5 nitrogen and oxygen atoms in total. The van der Waals surface area contributed by atoms with E-state index >= 15 is 0 Å². The van der Waals surface area contributed by atoms with Gasteiger partial charge in [-0.3, -0.25) is 9.89 Å². The number of fused-ring (bicyclic) bond motifs is 1. The molecule has 184 valence electrons. The maximum Gasteiger partial charge on any atom is 0.273 e. The maximum absolute atomic E-state index is 13.6. The molecule has 1 aliphatic rings. The highest BCUT2D eigenvalue weighted by Gasteiger charge is 2.42. The lowest BCUT2D eigenvalue weighted by Gasteiger charge is -2.27. The first-order chi connectivity index (χ1) is 17.4. The lowest BCUT2D eigenvalue weighted by atomic mass is 9.96. The van der Waals surface area contributed by atoms with E-state index in [1.807, 2.05) is 77.7 Å². The molecule has 0 saturated heterocycles. The second-order valence-corrected chi connectivity index (χ2v) is 10.2. The fraction of sp³-hybridized carbons (Fsp3) is 0.241. The zero-order valence-corrected chi connectivity index (χ0v) is 21.7. The first kappa shape index (κ1) is 24.4. The molecule has 1 aliphatic heterocycles. The van der Waals surface area contributed by atoms with Gasteiger partial charge in [0.25, 0.3) is 5.91 Å². The molecule has 0 bridgehead atoms. The number of ether oxygens (including phenoxy) is 1. The van der Waals surface area contributed by atoms with Crippen molar-refractivity contribution in [3.63, 3.8) is 0 Å². The molecule has 1 amide bonds. The quantitative estimate of drug-likeness (QED) is 0.261. The summed E-state index contributed by atoms with van der Waals surface area (Å²) in [6.45, 7) is 5.40. The minimum Gasteiger partial charge on any atom is -0.494 e. The van der Waals surface area contributed by atoms with Crippen molar-refractivity contribution in [2.45, 2.75) is 32.9 Å². The molecule has 1 aromatic heterocycles. The SMILES string of the molecule is CC(C)CCOc1ccc(C2c3c(-c4ccc(Cl)cc4)n[nH]c3C(=O)N2Cc2ccccc2Cl)cc1. The third-order valence-corrected chi connectivity index (χ3v) is 7.06. The van der Waals surface area contributed by atoms with Gasteiger partial charge in [0, 0.05) is 27.7 Å². The lowest BCUT2D eigenvalue weighted by Crippen LogP contribution is -2.29. The number of nitrogens with one attached hydrogen (secondary N) is 1. The summed E-state index contributed by atoms with van der Waals surface area (Å²) in [6, 6.07) is 22.7. The van der Waals surface area contributed by atoms with Crippen LogP contribution < -0.4 is 4.74 Å². The molecule has 0 radical (unpaired) electrons. The average molecular weight is 520 g/mol. The minimum absolute atomic E-state index is 0.111. The Bertz CT molecular complexity index is 1360. The van der Waals surface area contributed by atoms with Crippen LogP contribution in [0.3, 0.4) is 0 Å². The number of carbonyl (C=O) groups excluding carboxylic acids is 1. The van der Waals surface area contributed by atoms with Gasteiger partial charge >= 0.3 is 0 Å². The van der Waals surface area contributed by atoms with Crippen molar-refractivity contribution in [2.24, 2.45) is 5.92 Å². The molecule has 0 fully saturated rings. The van der Waals surface area contributed by atoms with Crippen LogP contribution in [0, 0.1) is 5.92 Å². The van der Waals surface area contributed by atoms with E-state index in [-0.39, 0.29) is 11.9 Å². The number of rotatable bonds is 8. The van der Waals surface area contributed by atoms with Gasteiger partial charge in [0.05, 0.1) is 18.3 Å². The molecule has 3 aromatic carbocycles. The molecule has 4 aromatic rings. The Morgan fingerprint density at radius 1 is 1.00 bits per heavy atom. The minimum atomic E-state index is -0.335. The Labute approximate surface area is 221 Å². The highest BCUT2D eigenvalue weighted by Crippen LogP contribution is 2.44. The largest absolute Gasteiger partial charge is 0.494 e. The van der Waals surface area contributed by atoms with Gasteiger partial charge in [-0.1, -0.05) is 79.5 Å². The summed E-state index contributed by atoms with van der Waals surface area (Å²) < 4.78 is 5.92. The number of hydrogen-bond acceptors (Lipinski definition) is 3. The molecule has 1 atom stereocenters. The van der Waals surface area contributed by atoms with Crippen molar-refractivity contribution in [1.82, 2.24) is 15.1 Å². The van der Waals surface area contributed by atoms with Crippen molar-refractivity contribution < 1.29 is 9.53 Å². The van der Waals surface area contributed by atoms with Gasteiger partial charge in [-0.05, 0) is 53.8 Å². The Morgan fingerprint density at radius 2 is 1.72 bits per heavy atom. The zero-order chi connectivity index (χ0) is 25.2. The van der Waals surface area contributed by atoms with Crippen LogP contribution in [0.2, 0.25) is 10.0 Å². The van der Waals surface area contributed by atoms with E-state index < -0.39 is 0 Å². The van der Waals surface area contributed by atoms with Crippen molar-refractivity contribution in [2.75, 3.05) is 6.61 Å². The average Bonchev–Trinajstić information content (AvgIpc) is 3.40. The maximum atomic E-state index is 13.6. The molecular formula is C29H27Cl2N3O2. The van der Waals surface area contributed by atoms with E-state index in [0.29, 0.717) is 34.8 Å². The molecule has 7 heteroatoms. The number of aromatic nitrogens is 2. The highest BCUT2D eigenvalue weighted by atomic mass is 35.5. The van der Waals surface area contributed by atoms with Gasteiger partial charge in [0.15, 0.2) is 0 Å². The summed E-state index contributed by atoms with van der Waals surface area (Å²) in [7, 11) is 0. The van der Waals surface area contributed by atoms with E-state index in [0.717, 1.165) is 40.1 Å². The summed E-state index contributed by atoms with van der Waals surface area (Å²) in [6.07, 6.45) is 0.993. The summed E-state index contributed by atoms with van der Waals surface area (Å²) in [4.78, 5) is 15.5. The number of halogens is 2. The van der Waals surface area contributed by atoms with Crippen LogP contribution in [0.4, 0.5) is 0 Å². The number of aromatic amines is 1. The van der Waals surface area contributed by atoms with Crippen LogP contribution in [-0.4, -0.2) is 27.6 Å². The number of nitrogens with zero attached hydrogens (tertiary/aromatic N) is 2. The topological polar surface area (TPSA) is 58.2 Å². The predicted octanol–water partition coefficient (Wildman–Crippen LogP) is 7.55. The van der Waals surface area contributed by atoms with Crippen molar-refractivity contribution in [1.29, 1.82) is 0 Å². The summed E-state index contributed by atoms with van der Waals surface area (Å²) >= 11 is 12.6. The monoisotopic (exact) mass is 519 g/mol. The molecule has 0 spiro atoms. The van der Waals surface area contributed by atoms with Crippen LogP contribution in [0.1, 0.15) is 53.5 Å². The number of H-pyrrole nitrogens is 1. The van der Waals surface area contributed by atoms with E-state index in [9.17, 15) is 4.79 Å². The first-order valence-electron chi connectivity index (χ1n) is 12.0. The molecule has 0 aliphatic carbocycles. The fourth-order valence-electron chi connectivity index (χ4n) is 4.50. The van der Waals surface area contributed by atoms with Crippen LogP contribution in [0.25, 0.3) is 11.3 Å². The molecule has 2 heterocycles. The van der Waals surface area contributed by atoms with Crippen LogP contribution in [-0.2, 0) is 6.54 Å². The molecular weight excluding hydrogens is 493 g/mol. The lowest BCUT2D eigenvalue weighted by molar-refractivity contribution is 0.0730. The standard InChI is InChI=1S/C29H27Cl2N3O2/c1-18(2)15-16-36-23-13-9-20(10-14-23)28-25-26(19-7-11-22(30)12-8-19)32-33-27(25)29(35)34(28)17-21-5-3-4-6-24(21)31/h3-14,18,28H,15-17H2,1-2H3,(H,32,33). The van der Waals surface area contributed by atoms with Gasteiger partial charge in [-0.15, -0.1) is 0 Å².